The van der Waals surface area contributed by atoms with Crippen molar-refractivity contribution in [2.75, 3.05) is 12.8 Å². The summed E-state index contributed by atoms with van der Waals surface area (Å²) >= 11 is 0. The van der Waals surface area contributed by atoms with E-state index in [4.69, 9.17) is 10.5 Å². The highest BCUT2D eigenvalue weighted by atomic mass is 19.1. The van der Waals surface area contributed by atoms with Crippen LogP contribution >= 0.6 is 0 Å². The molecule has 2 N–H and O–H groups in total. The van der Waals surface area contributed by atoms with Gasteiger partial charge in [-0.15, -0.1) is 0 Å². The van der Waals surface area contributed by atoms with Gasteiger partial charge in [-0.3, -0.25) is 0 Å². The molecule has 4 nitrogen and oxygen atoms in total. The van der Waals surface area contributed by atoms with Gasteiger partial charge in [-0.2, -0.15) is 0 Å². The number of hydrogen-bond acceptors (Lipinski definition) is 4. The average Bonchev–Trinajstić information content (AvgIpc) is 2.47. The van der Waals surface area contributed by atoms with Gasteiger partial charge in [0.15, 0.2) is 5.82 Å². The first-order chi connectivity index (χ1) is 10.1. The van der Waals surface area contributed by atoms with Crippen molar-refractivity contribution in [3.05, 3.63) is 48.0 Å². The van der Waals surface area contributed by atoms with E-state index in [0.717, 1.165) is 12.1 Å². The van der Waals surface area contributed by atoms with Crippen LogP contribution in [0.25, 0.3) is 22.3 Å². The van der Waals surface area contributed by atoms with Gasteiger partial charge in [-0.1, -0.05) is 0 Å². The normalized spacial score (nSPS) is 10.8. The molecule has 0 atom stereocenters. The number of nitrogen functional groups attached to an aromatic ring is 1. The van der Waals surface area contributed by atoms with Crippen molar-refractivity contribution in [1.29, 1.82) is 0 Å². The molecule has 0 unspecified atom stereocenters. The predicted molar refractivity (Wildman–Crippen MR) is 75.9 cm³/mol. The van der Waals surface area contributed by atoms with Gasteiger partial charge >= 0.3 is 0 Å². The van der Waals surface area contributed by atoms with E-state index in [1.54, 1.807) is 25.3 Å². The molecule has 0 saturated heterocycles. The third-order valence-corrected chi connectivity index (χ3v) is 3.10. The topological polar surface area (TPSA) is 61.0 Å². The van der Waals surface area contributed by atoms with Crippen LogP contribution in [0.3, 0.4) is 0 Å². The maximum Gasteiger partial charge on any atom is 0.165 e. The van der Waals surface area contributed by atoms with Crippen molar-refractivity contribution < 1.29 is 13.5 Å². The Morgan fingerprint density at radius 1 is 1.05 bits per heavy atom. The minimum absolute atomic E-state index is 0.0980. The highest BCUT2D eigenvalue weighted by molar-refractivity contribution is 5.90. The van der Waals surface area contributed by atoms with Crippen LogP contribution in [0.15, 0.2) is 36.4 Å². The molecule has 2 aromatic carbocycles. The molecule has 106 valence electrons. The lowest BCUT2D eigenvalue weighted by atomic mass is 10.1. The Morgan fingerprint density at radius 3 is 2.57 bits per heavy atom. The van der Waals surface area contributed by atoms with Gasteiger partial charge in [0.2, 0.25) is 0 Å². The van der Waals surface area contributed by atoms with Gasteiger partial charge in [-0.05, 0) is 30.3 Å². The second kappa shape index (κ2) is 4.97. The molecule has 0 fully saturated rings. The molecule has 0 amide bonds. The fourth-order valence-corrected chi connectivity index (χ4v) is 2.05. The van der Waals surface area contributed by atoms with Crippen LogP contribution in [0, 0.1) is 11.6 Å². The number of nitrogens with two attached hydrogens (primary N) is 1. The summed E-state index contributed by atoms with van der Waals surface area (Å²) in [6, 6.07) is 8.35. The molecule has 6 heteroatoms. The Bertz CT molecular complexity index is 837. The number of rotatable bonds is 2. The average molecular weight is 287 g/mol. The maximum atomic E-state index is 13.8. The summed E-state index contributed by atoms with van der Waals surface area (Å²) < 4.78 is 31.9. The number of ether oxygens (including phenoxy) is 1. The Labute approximate surface area is 119 Å². The lowest BCUT2D eigenvalue weighted by Crippen LogP contribution is -1.99. The van der Waals surface area contributed by atoms with E-state index in [2.05, 4.69) is 9.97 Å². The van der Waals surface area contributed by atoms with Gasteiger partial charge in [0.25, 0.3) is 0 Å². The first kappa shape index (κ1) is 13.2. The van der Waals surface area contributed by atoms with E-state index >= 15 is 0 Å². The molecule has 3 rings (SSSR count). The fourth-order valence-electron chi connectivity index (χ4n) is 2.05. The Morgan fingerprint density at radius 2 is 1.86 bits per heavy atom. The predicted octanol–water partition coefficient (Wildman–Crippen LogP) is 3.17. The molecule has 0 aliphatic rings. The summed E-state index contributed by atoms with van der Waals surface area (Å²) in [5.41, 5.74) is 6.55. The van der Waals surface area contributed by atoms with E-state index in [9.17, 15) is 8.78 Å². The number of anilines is 1. The Balaban J connectivity index is 2.20. The Hall–Kier alpha value is -2.76. The Kier molecular flexibility index (Phi) is 3.13. The number of halogens is 2. The molecule has 1 heterocycles. The summed E-state index contributed by atoms with van der Waals surface area (Å²) in [6.07, 6.45) is 0. The zero-order chi connectivity index (χ0) is 15.0. The summed E-state index contributed by atoms with van der Waals surface area (Å²) in [5, 5.41) is 0.612. The molecule has 21 heavy (non-hydrogen) atoms. The second-order valence-electron chi connectivity index (χ2n) is 4.44. The third-order valence-electron chi connectivity index (χ3n) is 3.10. The van der Waals surface area contributed by atoms with E-state index in [-0.39, 0.29) is 17.2 Å². The SMILES string of the molecule is COc1ccc2nc(-c3ccc(F)cc3F)nc(N)c2c1. The van der Waals surface area contributed by atoms with Gasteiger partial charge in [-0.25, -0.2) is 18.7 Å². The minimum Gasteiger partial charge on any atom is -0.497 e. The van der Waals surface area contributed by atoms with E-state index in [1.807, 2.05) is 0 Å². The molecular formula is C15H11F2N3O. The van der Waals surface area contributed by atoms with Crippen LogP contribution in [-0.4, -0.2) is 17.1 Å². The van der Waals surface area contributed by atoms with Crippen molar-refractivity contribution in [3.8, 4) is 17.1 Å². The minimum atomic E-state index is -0.734. The number of benzene rings is 2. The molecule has 0 saturated carbocycles. The molecule has 1 aromatic heterocycles. The zero-order valence-corrected chi connectivity index (χ0v) is 11.1. The standard InChI is InChI=1S/C15H11F2N3O/c1-21-9-3-5-13-11(7-9)14(18)20-15(19-13)10-4-2-8(16)6-12(10)17/h2-7H,1H3,(H2,18,19,20). The summed E-state index contributed by atoms with van der Waals surface area (Å²) in [6.45, 7) is 0. The monoisotopic (exact) mass is 287 g/mol. The van der Waals surface area contributed by atoms with E-state index < -0.39 is 11.6 Å². The molecule has 3 aromatic rings. The molecule has 0 bridgehead atoms. The van der Waals surface area contributed by atoms with Gasteiger partial charge in [0.05, 0.1) is 18.2 Å². The van der Waals surface area contributed by atoms with Crippen LogP contribution in [-0.2, 0) is 0 Å². The molecule has 0 radical (unpaired) electrons. The van der Waals surface area contributed by atoms with Crippen molar-refractivity contribution in [1.82, 2.24) is 9.97 Å². The van der Waals surface area contributed by atoms with Gasteiger partial charge in [0, 0.05) is 11.5 Å². The van der Waals surface area contributed by atoms with Crippen LogP contribution < -0.4 is 10.5 Å². The van der Waals surface area contributed by atoms with Crippen LogP contribution in [0.4, 0.5) is 14.6 Å². The first-order valence-corrected chi connectivity index (χ1v) is 6.15. The number of methoxy groups -OCH3 is 1. The summed E-state index contributed by atoms with van der Waals surface area (Å²) in [5.74, 6) is -0.448. The summed E-state index contributed by atoms with van der Waals surface area (Å²) in [7, 11) is 1.54. The van der Waals surface area contributed by atoms with Crippen LogP contribution in [0.2, 0.25) is 0 Å². The maximum absolute atomic E-state index is 13.8. The first-order valence-electron chi connectivity index (χ1n) is 6.15. The molecule has 0 spiro atoms. The quantitative estimate of drug-likeness (QED) is 0.786. The zero-order valence-electron chi connectivity index (χ0n) is 11.1. The third kappa shape index (κ3) is 2.35. The fraction of sp³-hybridized carbons (Fsp3) is 0.0667. The van der Waals surface area contributed by atoms with Gasteiger partial charge < -0.3 is 10.5 Å². The smallest absolute Gasteiger partial charge is 0.165 e. The largest absolute Gasteiger partial charge is 0.497 e. The number of hydrogen-bond donors (Lipinski definition) is 1. The lowest BCUT2D eigenvalue weighted by Gasteiger charge is -2.08. The molecular weight excluding hydrogens is 276 g/mol. The van der Waals surface area contributed by atoms with E-state index in [0.29, 0.717) is 16.7 Å². The van der Waals surface area contributed by atoms with Crippen LogP contribution in [0.1, 0.15) is 0 Å². The van der Waals surface area contributed by atoms with Crippen LogP contribution in [0.5, 0.6) is 5.75 Å². The van der Waals surface area contributed by atoms with E-state index in [1.165, 1.54) is 6.07 Å². The number of fused-ring (bicyclic) bond motifs is 1. The summed E-state index contributed by atoms with van der Waals surface area (Å²) in [4.78, 5) is 8.35. The van der Waals surface area contributed by atoms with Crippen molar-refractivity contribution in [2.45, 2.75) is 0 Å². The molecule has 0 aliphatic heterocycles. The highest BCUT2D eigenvalue weighted by Crippen LogP contribution is 2.27. The number of nitrogens with zero attached hydrogens (tertiary/aromatic N) is 2. The lowest BCUT2D eigenvalue weighted by molar-refractivity contribution is 0.415. The highest BCUT2D eigenvalue weighted by Gasteiger charge is 2.12. The molecule has 0 aliphatic carbocycles. The second-order valence-corrected chi connectivity index (χ2v) is 4.44. The van der Waals surface area contributed by atoms with Crippen molar-refractivity contribution in [3.63, 3.8) is 0 Å². The van der Waals surface area contributed by atoms with Crippen molar-refractivity contribution >= 4 is 16.7 Å². The number of aromatic nitrogens is 2. The van der Waals surface area contributed by atoms with Gasteiger partial charge in [0.1, 0.15) is 23.2 Å². The van der Waals surface area contributed by atoms with Crippen molar-refractivity contribution in [2.24, 2.45) is 0 Å².